The molecule has 7 heteroatoms. The standard InChI is InChI=1S/C19H28BrN3O3/c1-12-5-7-13(8-6-12)16(23-18(25)26-19(2,3)4)17(24)22-15-10-9-14(20)11-21-15/h9-13,16H,5-8H2,1-4H3,(H,23,25)(H,21,22,24). The van der Waals surface area contributed by atoms with Gasteiger partial charge in [-0.1, -0.05) is 19.8 Å². The molecule has 0 bridgehead atoms. The van der Waals surface area contributed by atoms with Crippen molar-refractivity contribution in [1.29, 1.82) is 0 Å². The number of pyridine rings is 1. The third-order valence-corrected chi connectivity index (χ3v) is 4.93. The molecule has 0 aromatic carbocycles. The van der Waals surface area contributed by atoms with Crippen molar-refractivity contribution in [3.63, 3.8) is 0 Å². The molecule has 2 N–H and O–H groups in total. The van der Waals surface area contributed by atoms with Gasteiger partial charge in [-0.2, -0.15) is 0 Å². The summed E-state index contributed by atoms with van der Waals surface area (Å²) in [5.41, 5.74) is -0.612. The second-order valence-electron chi connectivity index (χ2n) is 7.99. The van der Waals surface area contributed by atoms with Crippen LogP contribution in [-0.2, 0) is 9.53 Å². The highest BCUT2D eigenvalue weighted by molar-refractivity contribution is 9.10. The van der Waals surface area contributed by atoms with Gasteiger partial charge < -0.3 is 15.4 Å². The molecule has 1 saturated carbocycles. The first-order valence-corrected chi connectivity index (χ1v) is 9.85. The summed E-state index contributed by atoms with van der Waals surface area (Å²) in [6.07, 6.45) is 4.97. The molecule has 1 fully saturated rings. The van der Waals surface area contributed by atoms with E-state index in [0.717, 1.165) is 30.2 Å². The van der Waals surface area contributed by atoms with E-state index in [-0.39, 0.29) is 11.8 Å². The summed E-state index contributed by atoms with van der Waals surface area (Å²) in [6, 6.07) is 2.89. The highest BCUT2D eigenvalue weighted by Crippen LogP contribution is 2.31. The van der Waals surface area contributed by atoms with Crippen LogP contribution < -0.4 is 10.6 Å². The number of halogens is 1. The van der Waals surface area contributed by atoms with Crippen LogP contribution in [-0.4, -0.2) is 28.6 Å². The van der Waals surface area contributed by atoms with Gasteiger partial charge >= 0.3 is 6.09 Å². The molecule has 1 unspecified atom stereocenters. The van der Waals surface area contributed by atoms with Gasteiger partial charge in [0.05, 0.1) is 0 Å². The van der Waals surface area contributed by atoms with Gasteiger partial charge in [0.2, 0.25) is 5.91 Å². The minimum atomic E-state index is -0.636. The minimum Gasteiger partial charge on any atom is -0.444 e. The fourth-order valence-electron chi connectivity index (χ4n) is 3.10. The molecule has 0 saturated heterocycles. The number of ether oxygens (including phenoxy) is 1. The van der Waals surface area contributed by atoms with E-state index < -0.39 is 17.7 Å². The maximum absolute atomic E-state index is 12.8. The average molecular weight is 426 g/mol. The molecule has 1 aromatic heterocycles. The van der Waals surface area contributed by atoms with Gasteiger partial charge in [-0.3, -0.25) is 4.79 Å². The van der Waals surface area contributed by atoms with Gasteiger partial charge in [0.1, 0.15) is 17.5 Å². The molecule has 1 heterocycles. The summed E-state index contributed by atoms with van der Waals surface area (Å²) in [6.45, 7) is 7.62. The lowest BCUT2D eigenvalue weighted by Crippen LogP contribution is -2.50. The van der Waals surface area contributed by atoms with Crippen molar-refractivity contribution in [1.82, 2.24) is 10.3 Å². The summed E-state index contributed by atoms with van der Waals surface area (Å²) in [7, 11) is 0. The zero-order chi connectivity index (χ0) is 19.3. The second-order valence-corrected chi connectivity index (χ2v) is 8.91. The van der Waals surface area contributed by atoms with Crippen molar-refractivity contribution in [2.75, 3.05) is 5.32 Å². The van der Waals surface area contributed by atoms with Crippen molar-refractivity contribution in [3.05, 3.63) is 22.8 Å². The van der Waals surface area contributed by atoms with Gasteiger partial charge in [0.15, 0.2) is 0 Å². The molecule has 144 valence electrons. The molecule has 0 aliphatic heterocycles. The van der Waals surface area contributed by atoms with Gasteiger partial charge in [-0.25, -0.2) is 9.78 Å². The fourth-order valence-corrected chi connectivity index (χ4v) is 3.34. The molecule has 1 aromatic rings. The van der Waals surface area contributed by atoms with E-state index >= 15 is 0 Å². The van der Waals surface area contributed by atoms with Gasteiger partial charge in [0.25, 0.3) is 0 Å². The monoisotopic (exact) mass is 425 g/mol. The number of hydrogen-bond acceptors (Lipinski definition) is 4. The minimum absolute atomic E-state index is 0.0918. The highest BCUT2D eigenvalue weighted by atomic mass is 79.9. The Hall–Kier alpha value is -1.63. The van der Waals surface area contributed by atoms with Crippen LogP contribution in [0, 0.1) is 11.8 Å². The Labute approximate surface area is 163 Å². The number of carbonyl (C=O) groups excluding carboxylic acids is 2. The maximum atomic E-state index is 12.8. The number of carbonyl (C=O) groups is 2. The molecule has 26 heavy (non-hydrogen) atoms. The molecular weight excluding hydrogens is 398 g/mol. The molecule has 1 aliphatic carbocycles. The van der Waals surface area contributed by atoms with Gasteiger partial charge in [-0.15, -0.1) is 0 Å². The molecule has 0 radical (unpaired) electrons. The lowest BCUT2D eigenvalue weighted by molar-refractivity contribution is -0.119. The summed E-state index contributed by atoms with van der Waals surface area (Å²) in [5.74, 6) is 0.947. The van der Waals surface area contributed by atoms with Crippen LogP contribution in [0.1, 0.15) is 53.4 Å². The van der Waals surface area contributed by atoms with Crippen molar-refractivity contribution in [3.8, 4) is 0 Å². The lowest BCUT2D eigenvalue weighted by atomic mass is 9.79. The number of amides is 2. The van der Waals surface area contributed by atoms with Crippen molar-refractivity contribution in [2.24, 2.45) is 11.8 Å². The second kappa shape index (κ2) is 8.84. The van der Waals surface area contributed by atoms with Crippen LogP contribution >= 0.6 is 15.9 Å². The van der Waals surface area contributed by atoms with Crippen LogP contribution in [0.3, 0.4) is 0 Å². The number of nitrogens with zero attached hydrogens (tertiary/aromatic N) is 1. The SMILES string of the molecule is CC1CCC(C(NC(=O)OC(C)(C)C)C(=O)Nc2ccc(Br)cn2)CC1. The quantitative estimate of drug-likeness (QED) is 0.743. The van der Waals surface area contributed by atoms with Gasteiger partial charge in [0, 0.05) is 10.7 Å². The van der Waals surface area contributed by atoms with E-state index in [1.54, 1.807) is 39.1 Å². The number of aromatic nitrogens is 1. The number of rotatable bonds is 4. The summed E-state index contributed by atoms with van der Waals surface area (Å²) in [5, 5.41) is 5.58. The Bertz CT molecular complexity index is 620. The summed E-state index contributed by atoms with van der Waals surface area (Å²) in [4.78, 5) is 29.3. The topological polar surface area (TPSA) is 80.3 Å². The summed E-state index contributed by atoms with van der Waals surface area (Å²) < 4.78 is 6.18. The Balaban J connectivity index is 2.09. The normalized spacial score (nSPS) is 21.6. The Morgan fingerprint density at radius 3 is 2.42 bits per heavy atom. The summed E-state index contributed by atoms with van der Waals surface area (Å²) >= 11 is 3.32. The molecule has 2 amide bonds. The predicted octanol–water partition coefficient (Wildman–Crippen LogP) is 4.50. The van der Waals surface area contributed by atoms with Crippen LogP contribution in [0.5, 0.6) is 0 Å². The average Bonchev–Trinajstić information content (AvgIpc) is 2.54. The molecule has 6 nitrogen and oxygen atoms in total. The van der Waals surface area contributed by atoms with E-state index in [1.165, 1.54) is 0 Å². The van der Waals surface area contributed by atoms with E-state index in [4.69, 9.17) is 4.74 Å². The molecule has 1 aliphatic rings. The van der Waals surface area contributed by atoms with E-state index in [0.29, 0.717) is 11.7 Å². The van der Waals surface area contributed by atoms with Crippen molar-refractivity contribution < 1.29 is 14.3 Å². The third-order valence-electron chi connectivity index (χ3n) is 4.47. The number of anilines is 1. The fraction of sp³-hybridized carbons (Fsp3) is 0.632. The molecule has 1 atom stereocenters. The highest BCUT2D eigenvalue weighted by Gasteiger charge is 2.33. The van der Waals surface area contributed by atoms with E-state index in [2.05, 4.69) is 38.5 Å². The van der Waals surface area contributed by atoms with Crippen molar-refractivity contribution in [2.45, 2.75) is 65.0 Å². The van der Waals surface area contributed by atoms with E-state index in [1.807, 2.05) is 0 Å². The van der Waals surface area contributed by atoms with Gasteiger partial charge in [-0.05, 0) is 73.5 Å². The van der Waals surface area contributed by atoms with Crippen LogP contribution in [0.15, 0.2) is 22.8 Å². The zero-order valence-electron chi connectivity index (χ0n) is 15.8. The smallest absolute Gasteiger partial charge is 0.408 e. The molecule has 2 rings (SSSR count). The Kier molecular flexibility index (Phi) is 7.03. The number of hydrogen-bond donors (Lipinski definition) is 2. The Morgan fingerprint density at radius 1 is 1.23 bits per heavy atom. The van der Waals surface area contributed by atoms with E-state index in [9.17, 15) is 9.59 Å². The largest absolute Gasteiger partial charge is 0.444 e. The maximum Gasteiger partial charge on any atom is 0.408 e. The molecule has 0 spiro atoms. The Morgan fingerprint density at radius 2 is 1.88 bits per heavy atom. The lowest BCUT2D eigenvalue weighted by Gasteiger charge is -2.32. The first kappa shape index (κ1) is 20.7. The van der Waals surface area contributed by atoms with Crippen LogP contribution in [0.2, 0.25) is 0 Å². The van der Waals surface area contributed by atoms with Crippen LogP contribution in [0.25, 0.3) is 0 Å². The van der Waals surface area contributed by atoms with Crippen molar-refractivity contribution >= 4 is 33.7 Å². The third kappa shape index (κ3) is 6.59. The first-order valence-electron chi connectivity index (χ1n) is 9.06. The first-order chi connectivity index (χ1) is 12.1. The number of alkyl carbamates (subject to hydrolysis) is 1. The molecular formula is C19H28BrN3O3. The number of nitrogens with one attached hydrogen (secondary N) is 2. The zero-order valence-corrected chi connectivity index (χ0v) is 17.4. The predicted molar refractivity (Wildman–Crippen MR) is 105 cm³/mol. The van der Waals surface area contributed by atoms with Crippen LogP contribution in [0.4, 0.5) is 10.6 Å².